The van der Waals surface area contributed by atoms with Crippen molar-refractivity contribution in [1.29, 1.82) is 0 Å². The highest BCUT2D eigenvalue weighted by atomic mass is 19.1. The van der Waals surface area contributed by atoms with E-state index in [0.29, 0.717) is 0 Å². The van der Waals surface area contributed by atoms with Crippen molar-refractivity contribution < 1.29 is 14.1 Å². The number of amides is 1. The first-order chi connectivity index (χ1) is 12.0. The lowest BCUT2D eigenvalue weighted by atomic mass is 10.0. The molecule has 0 spiro atoms. The third-order valence-electron chi connectivity index (χ3n) is 3.66. The summed E-state index contributed by atoms with van der Waals surface area (Å²) < 4.78 is 13.7. The molecule has 0 aliphatic rings. The van der Waals surface area contributed by atoms with Gasteiger partial charge in [-0.15, -0.1) is 0 Å². The van der Waals surface area contributed by atoms with Gasteiger partial charge >= 0.3 is 0 Å². The molecule has 3 rings (SSSR count). The summed E-state index contributed by atoms with van der Waals surface area (Å²) in [4.78, 5) is 22.1. The molecule has 0 saturated carbocycles. The van der Waals surface area contributed by atoms with E-state index in [0.717, 1.165) is 34.5 Å². The zero-order valence-corrected chi connectivity index (χ0v) is 13.0. The van der Waals surface area contributed by atoms with Gasteiger partial charge in [0.05, 0.1) is 10.6 Å². The lowest BCUT2D eigenvalue weighted by Gasteiger charge is -2.04. The lowest BCUT2D eigenvalue weighted by molar-refractivity contribution is -0.384. The number of non-ortho nitro benzene ring substituents is 1. The van der Waals surface area contributed by atoms with E-state index in [-0.39, 0.29) is 11.4 Å². The molecule has 0 radical (unpaired) electrons. The summed E-state index contributed by atoms with van der Waals surface area (Å²) in [5.74, 6) is -1.31. The van der Waals surface area contributed by atoms with Crippen LogP contribution in [0.15, 0.2) is 66.7 Å². The predicted molar refractivity (Wildman–Crippen MR) is 94.7 cm³/mol. The van der Waals surface area contributed by atoms with Crippen LogP contribution in [0.1, 0.15) is 5.56 Å². The van der Waals surface area contributed by atoms with Gasteiger partial charge in [0, 0.05) is 18.2 Å². The van der Waals surface area contributed by atoms with Crippen LogP contribution in [0.5, 0.6) is 0 Å². The molecule has 1 N–H and O–H groups in total. The third kappa shape index (κ3) is 3.69. The standard InChI is InChI=1S/C19H13FN2O3/c20-17-10-9-15(22(24)25)12-18(17)21-19(23)11-8-14-6-3-5-13-4-1-2-7-16(13)14/h1-12H,(H,21,23). The minimum absolute atomic E-state index is 0.234. The van der Waals surface area contributed by atoms with Crippen LogP contribution in [0.2, 0.25) is 0 Å². The van der Waals surface area contributed by atoms with Gasteiger partial charge < -0.3 is 5.32 Å². The molecule has 0 unspecified atom stereocenters. The number of rotatable bonds is 4. The molecule has 3 aromatic rings. The molecule has 5 nitrogen and oxygen atoms in total. The monoisotopic (exact) mass is 336 g/mol. The van der Waals surface area contributed by atoms with Gasteiger partial charge in [0.25, 0.3) is 5.69 Å². The molecule has 0 aliphatic carbocycles. The topological polar surface area (TPSA) is 72.2 Å². The summed E-state index contributed by atoms with van der Waals surface area (Å²) in [6.45, 7) is 0. The molecule has 0 heterocycles. The first-order valence-electron chi connectivity index (χ1n) is 7.45. The fourth-order valence-electron chi connectivity index (χ4n) is 2.46. The van der Waals surface area contributed by atoms with E-state index in [1.54, 1.807) is 6.08 Å². The van der Waals surface area contributed by atoms with Gasteiger partial charge in [-0.25, -0.2) is 4.39 Å². The van der Waals surface area contributed by atoms with E-state index >= 15 is 0 Å². The quantitative estimate of drug-likeness (QED) is 0.432. The number of fused-ring (bicyclic) bond motifs is 1. The molecule has 0 saturated heterocycles. The van der Waals surface area contributed by atoms with E-state index in [1.165, 1.54) is 6.08 Å². The smallest absolute Gasteiger partial charge is 0.271 e. The number of nitrogens with zero attached hydrogens (tertiary/aromatic N) is 1. The van der Waals surface area contributed by atoms with Crippen molar-refractivity contribution in [3.8, 4) is 0 Å². The number of nitrogens with one attached hydrogen (secondary N) is 1. The Bertz CT molecular complexity index is 994. The van der Waals surface area contributed by atoms with E-state index in [4.69, 9.17) is 0 Å². The Morgan fingerprint density at radius 2 is 1.84 bits per heavy atom. The van der Waals surface area contributed by atoms with E-state index < -0.39 is 16.6 Å². The van der Waals surface area contributed by atoms with Crippen molar-refractivity contribution in [2.75, 3.05) is 5.32 Å². The van der Waals surface area contributed by atoms with Crippen LogP contribution in [0, 0.1) is 15.9 Å². The third-order valence-corrected chi connectivity index (χ3v) is 3.66. The summed E-state index contributed by atoms with van der Waals surface area (Å²) in [5.41, 5.74) is 0.310. The first-order valence-corrected chi connectivity index (χ1v) is 7.45. The maximum atomic E-state index is 13.7. The van der Waals surface area contributed by atoms with Crippen LogP contribution in [-0.2, 0) is 4.79 Å². The molecule has 0 aliphatic heterocycles. The van der Waals surface area contributed by atoms with Crippen LogP contribution in [0.25, 0.3) is 16.8 Å². The second-order valence-corrected chi connectivity index (χ2v) is 5.31. The van der Waals surface area contributed by atoms with Crippen molar-refractivity contribution in [3.63, 3.8) is 0 Å². The second-order valence-electron chi connectivity index (χ2n) is 5.31. The van der Waals surface area contributed by atoms with Crippen LogP contribution in [-0.4, -0.2) is 10.8 Å². The predicted octanol–water partition coefficient (Wildman–Crippen LogP) is 4.54. The van der Waals surface area contributed by atoms with E-state index in [1.807, 2.05) is 42.5 Å². The van der Waals surface area contributed by atoms with Crippen molar-refractivity contribution in [2.45, 2.75) is 0 Å². The minimum atomic E-state index is -0.738. The Kier molecular flexibility index (Phi) is 4.52. The van der Waals surface area contributed by atoms with Crippen molar-refractivity contribution in [2.24, 2.45) is 0 Å². The molecule has 3 aromatic carbocycles. The highest BCUT2D eigenvalue weighted by Crippen LogP contribution is 2.22. The summed E-state index contributed by atoms with van der Waals surface area (Å²) >= 11 is 0. The minimum Gasteiger partial charge on any atom is -0.320 e. The maximum Gasteiger partial charge on any atom is 0.271 e. The fourth-order valence-corrected chi connectivity index (χ4v) is 2.46. The van der Waals surface area contributed by atoms with Gasteiger partial charge in [-0.2, -0.15) is 0 Å². The van der Waals surface area contributed by atoms with Gasteiger partial charge in [-0.3, -0.25) is 14.9 Å². The zero-order chi connectivity index (χ0) is 17.8. The lowest BCUT2D eigenvalue weighted by Crippen LogP contribution is -2.09. The summed E-state index contributed by atoms with van der Waals surface area (Å²) in [6, 6.07) is 16.4. The average Bonchev–Trinajstić information content (AvgIpc) is 2.61. The summed E-state index contributed by atoms with van der Waals surface area (Å²) in [6.07, 6.45) is 2.88. The number of nitro groups is 1. The van der Waals surface area contributed by atoms with Crippen molar-refractivity contribution in [3.05, 3.63) is 88.2 Å². The van der Waals surface area contributed by atoms with Crippen LogP contribution in [0.4, 0.5) is 15.8 Å². The summed E-state index contributed by atoms with van der Waals surface area (Å²) in [7, 11) is 0. The second kappa shape index (κ2) is 6.92. The molecule has 6 heteroatoms. The Hall–Kier alpha value is -3.54. The van der Waals surface area contributed by atoms with Gasteiger partial charge in [-0.1, -0.05) is 42.5 Å². The molecule has 0 aromatic heterocycles. The average molecular weight is 336 g/mol. The number of carbonyl (C=O) groups excluding carboxylic acids is 1. The van der Waals surface area contributed by atoms with Crippen molar-refractivity contribution >= 4 is 34.1 Å². The SMILES string of the molecule is O=C(C=Cc1cccc2ccccc12)Nc1cc([N+](=O)[O-])ccc1F. The number of anilines is 1. The highest BCUT2D eigenvalue weighted by Gasteiger charge is 2.12. The number of hydrogen-bond acceptors (Lipinski definition) is 3. The van der Waals surface area contributed by atoms with Crippen LogP contribution >= 0.6 is 0 Å². The number of nitro benzene ring substituents is 1. The van der Waals surface area contributed by atoms with E-state index in [9.17, 15) is 19.3 Å². The fraction of sp³-hybridized carbons (Fsp3) is 0. The Morgan fingerprint density at radius 3 is 2.64 bits per heavy atom. The first kappa shape index (κ1) is 16.3. The molecule has 0 fully saturated rings. The van der Waals surface area contributed by atoms with Gasteiger partial charge in [-0.05, 0) is 28.5 Å². The molecule has 25 heavy (non-hydrogen) atoms. The van der Waals surface area contributed by atoms with Crippen LogP contribution < -0.4 is 5.32 Å². The largest absolute Gasteiger partial charge is 0.320 e. The van der Waals surface area contributed by atoms with Gasteiger partial charge in [0.1, 0.15) is 5.82 Å². The highest BCUT2D eigenvalue weighted by molar-refractivity contribution is 6.03. The Labute approximate surface area is 142 Å². The van der Waals surface area contributed by atoms with Crippen molar-refractivity contribution in [1.82, 2.24) is 0 Å². The molecular weight excluding hydrogens is 323 g/mol. The molecule has 0 atom stereocenters. The molecule has 0 bridgehead atoms. The van der Waals surface area contributed by atoms with Crippen LogP contribution in [0.3, 0.4) is 0 Å². The molecular formula is C19H13FN2O3. The van der Waals surface area contributed by atoms with Gasteiger partial charge in [0.15, 0.2) is 0 Å². The van der Waals surface area contributed by atoms with E-state index in [2.05, 4.69) is 5.32 Å². The normalized spacial score (nSPS) is 10.9. The molecule has 1 amide bonds. The Morgan fingerprint density at radius 1 is 1.08 bits per heavy atom. The zero-order valence-electron chi connectivity index (χ0n) is 13.0. The summed E-state index contributed by atoms with van der Waals surface area (Å²) in [5, 5.41) is 15.1. The molecule has 124 valence electrons. The number of hydrogen-bond donors (Lipinski definition) is 1. The Balaban J connectivity index is 1.82. The van der Waals surface area contributed by atoms with Gasteiger partial charge in [0.2, 0.25) is 5.91 Å². The maximum absolute atomic E-state index is 13.7. The number of halogens is 1. The number of benzene rings is 3. The number of carbonyl (C=O) groups is 1.